The van der Waals surface area contributed by atoms with Crippen LogP contribution in [-0.4, -0.2) is 35.1 Å². The highest BCUT2D eigenvalue weighted by Crippen LogP contribution is 2.09. The Balaban J connectivity index is 2.19. The quantitative estimate of drug-likeness (QED) is 0.721. The smallest absolute Gasteiger partial charge is 0.115 e. The Morgan fingerprint density at radius 3 is 2.39 bits per heavy atom. The summed E-state index contributed by atoms with van der Waals surface area (Å²) in [5, 5.41) is 22.0. The van der Waals surface area contributed by atoms with Crippen molar-refractivity contribution in [1.29, 1.82) is 0 Å². The van der Waals surface area contributed by atoms with E-state index in [4.69, 9.17) is 9.84 Å². The van der Waals surface area contributed by atoms with E-state index in [2.05, 4.69) is 5.32 Å². The molecule has 18 heavy (non-hydrogen) atoms. The Labute approximate surface area is 109 Å². The Kier molecular flexibility index (Phi) is 5.59. The van der Waals surface area contributed by atoms with Gasteiger partial charge < -0.3 is 20.3 Å². The molecule has 1 aromatic rings. The van der Waals surface area contributed by atoms with Gasteiger partial charge in [0.25, 0.3) is 0 Å². The standard InChI is InChI=1S/C14H23NO3/c1-14(2,3)18-10-13(17)9-15-8-11-4-6-12(16)7-5-11/h4-7,13,15-17H,8-10H2,1-3H3. The van der Waals surface area contributed by atoms with Crippen molar-refractivity contribution in [2.75, 3.05) is 13.2 Å². The highest BCUT2D eigenvalue weighted by molar-refractivity contribution is 5.25. The van der Waals surface area contributed by atoms with Crippen LogP contribution in [0.2, 0.25) is 0 Å². The van der Waals surface area contributed by atoms with E-state index in [0.717, 1.165) is 5.56 Å². The molecule has 0 saturated carbocycles. The molecule has 102 valence electrons. The van der Waals surface area contributed by atoms with Gasteiger partial charge in [0, 0.05) is 13.1 Å². The first-order valence-corrected chi connectivity index (χ1v) is 6.17. The summed E-state index contributed by atoms with van der Waals surface area (Å²) in [6.45, 7) is 7.35. The lowest BCUT2D eigenvalue weighted by molar-refractivity contribution is -0.0479. The summed E-state index contributed by atoms with van der Waals surface area (Å²) < 4.78 is 5.49. The number of ether oxygens (including phenoxy) is 1. The number of aliphatic hydroxyl groups excluding tert-OH is 1. The Morgan fingerprint density at radius 2 is 1.83 bits per heavy atom. The van der Waals surface area contributed by atoms with Crippen molar-refractivity contribution in [3.8, 4) is 5.75 Å². The van der Waals surface area contributed by atoms with E-state index in [1.807, 2.05) is 32.9 Å². The molecule has 0 aromatic heterocycles. The predicted molar refractivity (Wildman–Crippen MR) is 71.5 cm³/mol. The summed E-state index contributed by atoms with van der Waals surface area (Å²) >= 11 is 0. The van der Waals surface area contributed by atoms with Gasteiger partial charge in [-0.3, -0.25) is 0 Å². The molecule has 1 atom stereocenters. The van der Waals surface area contributed by atoms with E-state index in [-0.39, 0.29) is 11.4 Å². The first-order valence-electron chi connectivity index (χ1n) is 6.17. The molecule has 0 fully saturated rings. The van der Waals surface area contributed by atoms with Crippen LogP contribution in [0.3, 0.4) is 0 Å². The monoisotopic (exact) mass is 253 g/mol. The maximum atomic E-state index is 9.71. The van der Waals surface area contributed by atoms with Crippen LogP contribution in [0.15, 0.2) is 24.3 Å². The number of rotatable bonds is 6. The molecule has 4 nitrogen and oxygen atoms in total. The molecule has 0 aliphatic rings. The molecule has 4 heteroatoms. The second kappa shape index (κ2) is 6.73. The fraction of sp³-hybridized carbons (Fsp3) is 0.571. The number of hydrogen-bond acceptors (Lipinski definition) is 4. The van der Waals surface area contributed by atoms with Crippen LogP contribution in [0, 0.1) is 0 Å². The second-order valence-corrected chi connectivity index (χ2v) is 5.37. The third-order valence-electron chi connectivity index (χ3n) is 2.35. The van der Waals surface area contributed by atoms with Gasteiger partial charge >= 0.3 is 0 Å². The van der Waals surface area contributed by atoms with Gasteiger partial charge in [0.2, 0.25) is 0 Å². The van der Waals surface area contributed by atoms with Gasteiger partial charge in [-0.05, 0) is 38.5 Å². The fourth-order valence-corrected chi connectivity index (χ4v) is 1.40. The van der Waals surface area contributed by atoms with Crippen molar-refractivity contribution in [2.24, 2.45) is 0 Å². The van der Waals surface area contributed by atoms with E-state index >= 15 is 0 Å². The summed E-state index contributed by atoms with van der Waals surface area (Å²) in [6.07, 6.45) is -0.513. The minimum absolute atomic E-state index is 0.224. The third kappa shape index (κ3) is 6.59. The van der Waals surface area contributed by atoms with Crippen molar-refractivity contribution in [3.63, 3.8) is 0 Å². The molecule has 0 bridgehead atoms. The van der Waals surface area contributed by atoms with E-state index in [1.165, 1.54) is 0 Å². The molecule has 0 spiro atoms. The lowest BCUT2D eigenvalue weighted by Crippen LogP contribution is -2.33. The zero-order valence-electron chi connectivity index (χ0n) is 11.3. The summed E-state index contributed by atoms with van der Waals surface area (Å²) in [5.41, 5.74) is 0.842. The average molecular weight is 253 g/mol. The Bertz CT molecular complexity index is 343. The molecule has 1 unspecified atom stereocenters. The third-order valence-corrected chi connectivity index (χ3v) is 2.35. The van der Waals surface area contributed by atoms with Crippen molar-refractivity contribution >= 4 is 0 Å². The van der Waals surface area contributed by atoms with Gasteiger partial charge in [-0.1, -0.05) is 12.1 Å². The number of phenols is 1. The fourth-order valence-electron chi connectivity index (χ4n) is 1.40. The normalized spacial score (nSPS) is 13.6. The van der Waals surface area contributed by atoms with Crippen LogP contribution in [0.4, 0.5) is 0 Å². The van der Waals surface area contributed by atoms with Crippen molar-refractivity contribution in [3.05, 3.63) is 29.8 Å². The van der Waals surface area contributed by atoms with Gasteiger partial charge in [0.05, 0.1) is 18.3 Å². The molecule has 0 heterocycles. The van der Waals surface area contributed by atoms with E-state index in [9.17, 15) is 5.11 Å². The predicted octanol–water partition coefficient (Wildman–Crippen LogP) is 1.66. The lowest BCUT2D eigenvalue weighted by atomic mass is 10.2. The minimum atomic E-state index is -0.513. The topological polar surface area (TPSA) is 61.7 Å². The molecule has 0 saturated heterocycles. The van der Waals surface area contributed by atoms with Crippen LogP contribution in [-0.2, 0) is 11.3 Å². The maximum Gasteiger partial charge on any atom is 0.115 e. The summed E-state index contributed by atoms with van der Waals surface area (Å²) in [4.78, 5) is 0. The van der Waals surface area contributed by atoms with Gasteiger partial charge in [-0.2, -0.15) is 0 Å². The number of phenolic OH excluding ortho intramolecular Hbond substituents is 1. The number of nitrogens with one attached hydrogen (secondary N) is 1. The first-order chi connectivity index (χ1) is 8.37. The number of aromatic hydroxyl groups is 1. The van der Waals surface area contributed by atoms with Crippen molar-refractivity contribution < 1.29 is 14.9 Å². The lowest BCUT2D eigenvalue weighted by Gasteiger charge is -2.22. The van der Waals surface area contributed by atoms with Crippen LogP contribution in [0.5, 0.6) is 5.75 Å². The number of aliphatic hydroxyl groups is 1. The molecule has 3 N–H and O–H groups in total. The SMILES string of the molecule is CC(C)(C)OCC(O)CNCc1ccc(O)cc1. The van der Waals surface area contributed by atoms with Crippen LogP contribution in [0.1, 0.15) is 26.3 Å². The summed E-state index contributed by atoms with van der Waals surface area (Å²) in [7, 11) is 0. The second-order valence-electron chi connectivity index (χ2n) is 5.37. The molecular formula is C14H23NO3. The van der Waals surface area contributed by atoms with Crippen LogP contribution in [0.25, 0.3) is 0 Å². The molecule has 1 rings (SSSR count). The zero-order valence-corrected chi connectivity index (χ0v) is 11.3. The number of hydrogen-bond donors (Lipinski definition) is 3. The highest BCUT2D eigenvalue weighted by Gasteiger charge is 2.13. The highest BCUT2D eigenvalue weighted by atomic mass is 16.5. The van der Waals surface area contributed by atoms with Gasteiger partial charge in [-0.25, -0.2) is 0 Å². The molecule has 0 aliphatic carbocycles. The molecule has 0 amide bonds. The molecule has 1 aromatic carbocycles. The summed E-state index contributed by atoms with van der Waals surface area (Å²) in [6, 6.07) is 6.99. The van der Waals surface area contributed by atoms with E-state index < -0.39 is 6.10 Å². The number of benzene rings is 1. The van der Waals surface area contributed by atoms with E-state index in [0.29, 0.717) is 19.7 Å². The van der Waals surface area contributed by atoms with Gasteiger partial charge in [-0.15, -0.1) is 0 Å². The largest absolute Gasteiger partial charge is 0.508 e. The first kappa shape index (κ1) is 15.0. The Morgan fingerprint density at radius 1 is 1.22 bits per heavy atom. The zero-order chi connectivity index (χ0) is 13.6. The average Bonchev–Trinajstić information content (AvgIpc) is 2.28. The van der Waals surface area contributed by atoms with Gasteiger partial charge in [0.1, 0.15) is 5.75 Å². The maximum absolute atomic E-state index is 9.71. The van der Waals surface area contributed by atoms with Crippen LogP contribution >= 0.6 is 0 Å². The minimum Gasteiger partial charge on any atom is -0.508 e. The van der Waals surface area contributed by atoms with Crippen molar-refractivity contribution in [2.45, 2.75) is 39.0 Å². The molecule has 0 aliphatic heterocycles. The van der Waals surface area contributed by atoms with Crippen molar-refractivity contribution in [1.82, 2.24) is 5.32 Å². The molecule has 0 radical (unpaired) electrons. The summed E-state index contributed by atoms with van der Waals surface area (Å²) in [5.74, 6) is 0.261. The molecular weight excluding hydrogens is 230 g/mol. The Hall–Kier alpha value is -1.10. The van der Waals surface area contributed by atoms with Crippen LogP contribution < -0.4 is 5.32 Å². The van der Waals surface area contributed by atoms with E-state index in [1.54, 1.807) is 12.1 Å². The van der Waals surface area contributed by atoms with Gasteiger partial charge in [0.15, 0.2) is 0 Å².